The van der Waals surface area contributed by atoms with E-state index in [0.717, 1.165) is 19.3 Å². The van der Waals surface area contributed by atoms with Crippen LogP contribution in [0.2, 0.25) is 0 Å². The van der Waals surface area contributed by atoms with Crippen LogP contribution in [0.1, 0.15) is 40.0 Å². The standard InChI is InChI=1S/C10H17NO3/c1-4-10(5-6-10)7(12)11-9(2,3)8(13)14/h4-6H2,1-3H3,(H,11,12)(H,13,14). The predicted molar refractivity (Wildman–Crippen MR) is 51.8 cm³/mol. The van der Waals surface area contributed by atoms with Crippen LogP contribution in [0, 0.1) is 5.41 Å². The number of carboxylic acid groups (broad SMARTS) is 1. The zero-order valence-corrected chi connectivity index (χ0v) is 8.89. The van der Waals surface area contributed by atoms with Crippen molar-refractivity contribution in [1.82, 2.24) is 5.32 Å². The maximum absolute atomic E-state index is 11.7. The number of amides is 1. The first-order valence-corrected chi connectivity index (χ1v) is 4.90. The molecule has 0 aromatic heterocycles. The molecule has 0 saturated heterocycles. The number of nitrogens with one attached hydrogen (secondary N) is 1. The molecule has 1 fully saturated rings. The van der Waals surface area contributed by atoms with Gasteiger partial charge in [-0.15, -0.1) is 0 Å². The van der Waals surface area contributed by atoms with E-state index in [1.165, 1.54) is 13.8 Å². The fourth-order valence-corrected chi connectivity index (χ4v) is 1.36. The molecule has 1 amide bonds. The maximum Gasteiger partial charge on any atom is 0.328 e. The molecule has 0 spiro atoms. The van der Waals surface area contributed by atoms with E-state index >= 15 is 0 Å². The molecular weight excluding hydrogens is 182 g/mol. The molecular formula is C10H17NO3. The van der Waals surface area contributed by atoms with Gasteiger partial charge < -0.3 is 10.4 Å². The van der Waals surface area contributed by atoms with E-state index in [1.54, 1.807) is 0 Å². The molecule has 1 saturated carbocycles. The van der Waals surface area contributed by atoms with Gasteiger partial charge in [-0.3, -0.25) is 4.79 Å². The van der Waals surface area contributed by atoms with Crippen LogP contribution in [-0.4, -0.2) is 22.5 Å². The average molecular weight is 199 g/mol. The summed E-state index contributed by atoms with van der Waals surface area (Å²) in [7, 11) is 0. The van der Waals surface area contributed by atoms with Gasteiger partial charge in [0.05, 0.1) is 0 Å². The Labute approximate surface area is 83.7 Å². The van der Waals surface area contributed by atoms with Crippen LogP contribution in [0.4, 0.5) is 0 Å². The van der Waals surface area contributed by atoms with Gasteiger partial charge in [-0.05, 0) is 33.1 Å². The van der Waals surface area contributed by atoms with E-state index in [4.69, 9.17) is 5.11 Å². The van der Waals surface area contributed by atoms with Crippen molar-refractivity contribution in [2.24, 2.45) is 5.41 Å². The summed E-state index contributed by atoms with van der Waals surface area (Å²) in [5, 5.41) is 11.4. The van der Waals surface area contributed by atoms with E-state index in [9.17, 15) is 9.59 Å². The van der Waals surface area contributed by atoms with Crippen LogP contribution in [-0.2, 0) is 9.59 Å². The number of carbonyl (C=O) groups excluding carboxylic acids is 1. The van der Waals surface area contributed by atoms with Crippen molar-refractivity contribution in [1.29, 1.82) is 0 Å². The first-order valence-electron chi connectivity index (χ1n) is 4.90. The molecule has 0 aliphatic heterocycles. The van der Waals surface area contributed by atoms with Crippen LogP contribution in [0.25, 0.3) is 0 Å². The first-order chi connectivity index (χ1) is 6.34. The highest BCUT2D eigenvalue weighted by Crippen LogP contribution is 2.48. The number of hydrogen-bond acceptors (Lipinski definition) is 2. The van der Waals surface area contributed by atoms with Gasteiger partial charge in [-0.25, -0.2) is 4.79 Å². The third kappa shape index (κ3) is 1.89. The molecule has 0 unspecified atom stereocenters. The number of carboxylic acids is 1. The number of aliphatic carboxylic acids is 1. The maximum atomic E-state index is 11.7. The molecule has 0 bridgehead atoms. The lowest BCUT2D eigenvalue weighted by atomic mass is 9.99. The van der Waals surface area contributed by atoms with E-state index in [1.807, 2.05) is 6.92 Å². The summed E-state index contributed by atoms with van der Waals surface area (Å²) >= 11 is 0. The predicted octanol–water partition coefficient (Wildman–Crippen LogP) is 1.16. The van der Waals surface area contributed by atoms with Gasteiger partial charge in [0.2, 0.25) is 5.91 Å². The van der Waals surface area contributed by atoms with Gasteiger partial charge in [0.25, 0.3) is 0 Å². The van der Waals surface area contributed by atoms with Crippen molar-refractivity contribution < 1.29 is 14.7 Å². The van der Waals surface area contributed by atoms with E-state index in [-0.39, 0.29) is 11.3 Å². The molecule has 4 heteroatoms. The van der Waals surface area contributed by atoms with E-state index in [2.05, 4.69) is 5.32 Å². The van der Waals surface area contributed by atoms with Crippen molar-refractivity contribution in [2.45, 2.75) is 45.6 Å². The van der Waals surface area contributed by atoms with Gasteiger partial charge in [-0.2, -0.15) is 0 Å². The highest BCUT2D eigenvalue weighted by atomic mass is 16.4. The Morgan fingerprint density at radius 2 is 1.93 bits per heavy atom. The van der Waals surface area contributed by atoms with Gasteiger partial charge in [0, 0.05) is 5.41 Å². The molecule has 0 aromatic rings. The largest absolute Gasteiger partial charge is 0.480 e. The molecule has 0 radical (unpaired) electrons. The highest BCUT2D eigenvalue weighted by Gasteiger charge is 2.49. The Kier molecular flexibility index (Phi) is 2.56. The molecule has 1 rings (SSSR count). The lowest BCUT2D eigenvalue weighted by Gasteiger charge is -2.24. The zero-order chi connectivity index (χ0) is 11.0. The van der Waals surface area contributed by atoms with E-state index < -0.39 is 11.5 Å². The van der Waals surface area contributed by atoms with Gasteiger partial charge >= 0.3 is 5.97 Å². The minimum atomic E-state index is -1.16. The van der Waals surface area contributed by atoms with Crippen LogP contribution >= 0.6 is 0 Å². The molecule has 1 aliphatic rings. The summed E-state index contributed by atoms with van der Waals surface area (Å²) in [5.74, 6) is -1.12. The molecule has 14 heavy (non-hydrogen) atoms. The third-order valence-corrected chi connectivity index (χ3v) is 2.97. The van der Waals surface area contributed by atoms with E-state index in [0.29, 0.717) is 0 Å². The van der Waals surface area contributed by atoms with Crippen molar-refractivity contribution in [2.75, 3.05) is 0 Å². The second kappa shape index (κ2) is 3.26. The smallest absolute Gasteiger partial charge is 0.328 e. The summed E-state index contributed by atoms with van der Waals surface area (Å²) in [6.07, 6.45) is 2.55. The minimum absolute atomic E-state index is 0.118. The Morgan fingerprint density at radius 3 is 2.21 bits per heavy atom. The van der Waals surface area contributed by atoms with Crippen LogP contribution in [0.5, 0.6) is 0 Å². The second-order valence-electron chi connectivity index (χ2n) is 4.52. The summed E-state index contributed by atoms with van der Waals surface area (Å²) in [6, 6.07) is 0. The van der Waals surface area contributed by atoms with Gasteiger partial charge in [0.15, 0.2) is 0 Å². The fraction of sp³-hybridized carbons (Fsp3) is 0.800. The Balaban J connectivity index is 2.61. The van der Waals surface area contributed by atoms with Crippen molar-refractivity contribution in [3.63, 3.8) is 0 Å². The quantitative estimate of drug-likeness (QED) is 0.714. The SMILES string of the molecule is CCC1(C(=O)NC(C)(C)C(=O)O)CC1. The summed E-state index contributed by atoms with van der Waals surface area (Å²) < 4.78 is 0. The number of rotatable bonds is 4. The second-order valence-corrected chi connectivity index (χ2v) is 4.52. The van der Waals surface area contributed by atoms with Crippen LogP contribution in [0.3, 0.4) is 0 Å². The Hall–Kier alpha value is -1.06. The summed E-state index contributed by atoms with van der Waals surface area (Å²) in [4.78, 5) is 22.5. The lowest BCUT2D eigenvalue weighted by Crippen LogP contribution is -2.52. The molecule has 2 N–H and O–H groups in total. The lowest BCUT2D eigenvalue weighted by molar-refractivity contribution is -0.147. The zero-order valence-electron chi connectivity index (χ0n) is 8.89. The normalized spacial score (nSPS) is 18.8. The average Bonchev–Trinajstić information content (AvgIpc) is 2.83. The number of carbonyl (C=O) groups is 2. The molecule has 1 aliphatic carbocycles. The molecule has 0 heterocycles. The Morgan fingerprint density at radius 1 is 1.43 bits per heavy atom. The summed E-state index contributed by atoms with van der Waals surface area (Å²) in [5.41, 5.74) is -1.44. The van der Waals surface area contributed by atoms with Crippen LogP contribution in [0.15, 0.2) is 0 Å². The summed E-state index contributed by atoms with van der Waals surface area (Å²) in [6.45, 7) is 4.96. The third-order valence-electron chi connectivity index (χ3n) is 2.97. The van der Waals surface area contributed by atoms with Crippen LogP contribution < -0.4 is 5.32 Å². The van der Waals surface area contributed by atoms with Crippen molar-refractivity contribution in [3.05, 3.63) is 0 Å². The first kappa shape index (κ1) is 11.0. The molecule has 4 nitrogen and oxygen atoms in total. The van der Waals surface area contributed by atoms with Gasteiger partial charge in [0.1, 0.15) is 5.54 Å². The van der Waals surface area contributed by atoms with Gasteiger partial charge in [-0.1, -0.05) is 6.92 Å². The highest BCUT2D eigenvalue weighted by molar-refractivity contribution is 5.90. The van der Waals surface area contributed by atoms with Crippen molar-refractivity contribution in [3.8, 4) is 0 Å². The molecule has 0 atom stereocenters. The van der Waals surface area contributed by atoms with Crippen molar-refractivity contribution >= 4 is 11.9 Å². The fourth-order valence-electron chi connectivity index (χ4n) is 1.36. The molecule has 80 valence electrons. The molecule has 0 aromatic carbocycles. The number of hydrogen-bond donors (Lipinski definition) is 2. The minimum Gasteiger partial charge on any atom is -0.480 e. The topological polar surface area (TPSA) is 66.4 Å². The monoisotopic (exact) mass is 199 g/mol. The Bertz CT molecular complexity index is 267.